The van der Waals surface area contributed by atoms with Crippen molar-refractivity contribution in [1.29, 1.82) is 0 Å². The van der Waals surface area contributed by atoms with Gasteiger partial charge in [-0.15, -0.1) is 0 Å². The molecular formula is C16H19BrClN3. The monoisotopic (exact) mass is 367 g/mol. The van der Waals surface area contributed by atoms with E-state index in [0.717, 1.165) is 33.0 Å². The summed E-state index contributed by atoms with van der Waals surface area (Å²) in [6.45, 7) is 2.90. The standard InChI is InChI=1S/C16H19BrClN3/c1-11(14-6-4-5-7-15(14)18)21(3)16-12(9-19-2)8-13(17)10-20-16/h4-8,10-11,19H,9H2,1-3H3. The lowest BCUT2D eigenvalue weighted by atomic mass is 10.1. The second-order valence-electron chi connectivity index (χ2n) is 4.97. The van der Waals surface area contributed by atoms with E-state index in [1.54, 1.807) is 0 Å². The number of nitrogens with one attached hydrogen (secondary N) is 1. The van der Waals surface area contributed by atoms with Crippen LogP contribution in [0.4, 0.5) is 5.82 Å². The molecule has 1 unspecified atom stereocenters. The van der Waals surface area contributed by atoms with Gasteiger partial charge in [-0.25, -0.2) is 4.98 Å². The maximum absolute atomic E-state index is 6.31. The Bertz CT molecular complexity index is 618. The number of hydrogen-bond acceptors (Lipinski definition) is 3. The molecule has 0 aliphatic carbocycles. The van der Waals surface area contributed by atoms with Crippen molar-refractivity contribution >= 4 is 33.3 Å². The fourth-order valence-corrected chi connectivity index (χ4v) is 2.99. The molecule has 0 fully saturated rings. The van der Waals surface area contributed by atoms with Gasteiger partial charge in [0.15, 0.2) is 0 Å². The summed E-state index contributed by atoms with van der Waals surface area (Å²) < 4.78 is 0.982. The van der Waals surface area contributed by atoms with E-state index in [1.165, 1.54) is 0 Å². The normalized spacial score (nSPS) is 12.2. The molecule has 0 bridgehead atoms. The number of nitrogens with zero attached hydrogens (tertiary/aromatic N) is 2. The molecule has 112 valence electrons. The highest BCUT2D eigenvalue weighted by Crippen LogP contribution is 2.31. The molecule has 0 aliphatic rings. The summed E-state index contributed by atoms with van der Waals surface area (Å²) in [7, 11) is 3.98. The van der Waals surface area contributed by atoms with Gasteiger partial charge in [0.2, 0.25) is 0 Å². The highest BCUT2D eigenvalue weighted by molar-refractivity contribution is 9.10. The number of hydrogen-bond donors (Lipinski definition) is 1. The SMILES string of the molecule is CNCc1cc(Br)cnc1N(C)C(C)c1ccccc1Cl. The number of benzene rings is 1. The Morgan fingerprint density at radius 3 is 2.76 bits per heavy atom. The van der Waals surface area contributed by atoms with Crippen LogP contribution >= 0.6 is 27.5 Å². The molecule has 0 saturated carbocycles. The summed E-state index contributed by atoms with van der Waals surface area (Å²) in [5.74, 6) is 0.958. The third-order valence-electron chi connectivity index (χ3n) is 3.55. The van der Waals surface area contributed by atoms with Crippen LogP contribution < -0.4 is 10.2 Å². The Kier molecular flexibility index (Phi) is 5.62. The fourth-order valence-electron chi connectivity index (χ4n) is 2.32. The molecule has 1 aromatic heterocycles. The van der Waals surface area contributed by atoms with Gasteiger partial charge in [0, 0.05) is 34.8 Å². The highest BCUT2D eigenvalue weighted by Gasteiger charge is 2.18. The number of rotatable bonds is 5. The Labute approximate surface area is 139 Å². The second kappa shape index (κ2) is 7.25. The van der Waals surface area contributed by atoms with Gasteiger partial charge in [0.1, 0.15) is 5.82 Å². The lowest BCUT2D eigenvalue weighted by Crippen LogP contribution is -2.25. The summed E-state index contributed by atoms with van der Waals surface area (Å²) >= 11 is 9.79. The molecule has 0 amide bonds. The molecule has 2 rings (SSSR count). The van der Waals surface area contributed by atoms with Gasteiger partial charge in [-0.2, -0.15) is 0 Å². The van der Waals surface area contributed by atoms with Gasteiger partial charge < -0.3 is 10.2 Å². The molecule has 1 heterocycles. The van der Waals surface area contributed by atoms with Crippen LogP contribution in [-0.2, 0) is 6.54 Å². The molecular weight excluding hydrogens is 350 g/mol. The molecule has 1 N–H and O–H groups in total. The first-order valence-corrected chi connectivity index (χ1v) is 7.98. The van der Waals surface area contributed by atoms with Crippen LogP contribution in [0.1, 0.15) is 24.1 Å². The molecule has 1 atom stereocenters. The van der Waals surface area contributed by atoms with E-state index in [4.69, 9.17) is 11.6 Å². The summed E-state index contributed by atoms with van der Waals surface area (Å²) in [6, 6.07) is 10.2. The Morgan fingerprint density at radius 1 is 1.38 bits per heavy atom. The molecule has 0 saturated heterocycles. The molecule has 0 spiro atoms. The Morgan fingerprint density at radius 2 is 2.10 bits per heavy atom. The number of anilines is 1. The van der Waals surface area contributed by atoms with Gasteiger partial charge >= 0.3 is 0 Å². The molecule has 0 aliphatic heterocycles. The van der Waals surface area contributed by atoms with Crippen LogP contribution in [0.2, 0.25) is 5.02 Å². The van der Waals surface area contributed by atoms with E-state index in [9.17, 15) is 0 Å². The number of aromatic nitrogens is 1. The summed E-state index contributed by atoms with van der Waals surface area (Å²) in [5.41, 5.74) is 2.25. The Balaban J connectivity index is 2.35. The van der Waals surface area contributed by atoms with Gasteiger partial charge in [0.25, 0.3) is 0 Å². The van der Waals surface area contributed by atoms with Crippen molar-refractivity contribution in [2.24, 2.45) is 0 Å². The van der Waals surface area contributed by atoms with Crippen LogP contribution in [0.15, 0.2) is 41.0 Å². The number of pyridine rings is 1. The zero-order chi connectivity index (χ0) is 15.4. The molecule has 0 radical (unpaired) electrons. The van der Waals surface area contributed by atoms with Gasteiger partial charge in [-0.1, -0.05) is 29.8 Å². The number of halogens is 2. The topological polar surface area (TPSA) is 28.2 Å². The lowest BCUT2D eigenvalue weighted by molar-refractivity contribution is 0.714. The first-order chi connectivity index (χ1) is 10.0. The van der Waals surface area contributed by atoms with E-state index in [-0.39, 0.29) is 6.04 Å². The average molecular weight is 369 g/mol. The van der Waals surface area contributed by atoms with Crippen LogP contribution in [0.25, 0.3) is 0 Å². The summed E-state index contributed by atoms with van der Waals surface area (Å²) in [6.07, 6.45) is 1.82. The Hall–Kier alpha value is -1.10. The molecule has 21 heavy (non-hydrogen) atoms. The zero-order valence-corrected chi connectivity index (χ0v) is 14.7. The quantitative estimate of drug-likeness (QED) is 0.847. The van der Waals surface area contributed by atoms with Crippen LogP contribution in [-0.4, -0.2) is 19.1 Å². The van der Waals surface area contributed by atoms with E-state index >= 15 is 0 Å². The first-order valence-electron chi connectivity index (χ1n) is 6.81. The average Bonchev–Trinajstić information content (AvgIpc) is 2.47. The maximum atomic E-state index is 6.31. The lowest BCUT2D eigenvalue weighted by Gasteiger charge is -2.29. The van der Waals surface area contributed by atoms with E-state index in [0.29, 0.717) is 0 Å². The predicted octanol–water partition coefficient (Wildman–Crippen LogP) is 4.41. The molecule has 2 aromatic rings. The second-order valence-corrected chi connectivity index (χ2v) is 6.30. The molecule has 1 aromatic carbocycles. The van der Waals surface area contributed by atoms with Crippen molar-refractivity contribution in [3.05, 3.63) is 57.2 Å². The summed E-state index contributed by atoms with van der Waals surface area (Å²) in [4.78, 5) is 6.72. The van der Waals surface area contributed by atoms with E-state index < -0.39 is 0 Å². The zero-order valence-electron chi connectivity index (χ0n) is 12.4. The third kappa shape index (κ3) is 3.76. The minimum Gasteiger partial charge on any atom is -0.353 e. The smallest absolute Gasteiger partial charge is 0.133 e. The molecule has 3 nitrogen and oxygen atoms in total. The maximum Gasteiger partial charge on any atom is 0.133 e. The molecule has 5 heteroatoms. The largest absolute Gasteiger partial charge is 0.353 e. The van der Waals surface area contributed by atoms with Crippen molar-refractivity contribution in [3.63, 3.8) is 0 Å². The third-order valence-corrected chi connectivity index (χ3v) is 4.32. The van der Waals surface area contributed by atoms with Crippen LogP contribution in [0, 0.1) is 0 Å². The van der Waals surface area contributed by atoms with Crippen molar-refractivity contribution in [1.82, 2.24) is 10.3 Å². The fraction of sp³-hybridized carbons (Fsp3) is 0.312. The first kappa shape index (κ1) is 16.3. The highest BCUT2D eigenvalue weighted by atomic mass is 79.9. The van der Waals surface area contributed by atoms with Crippen molar-refractivity contribution in [2.45, 2.75) is 19.5 Å². The minimum atomic E-state index is 0.142. The van der Waals surface area contributed by atoms with Crippen molar-refractivity contribution in [3.8, 4) is 0 Å². The van der Waals surface area contributed by atoms with E-state index in [1.807, 2.05) is 38.5 Å². The van der Waals surface area contributed by atoms with Crippen molar-refractivity contribution in [2.75, 3.05) is 19.0 Å². The van der Waals surface area contributed by atoms with Crippen LogP contribution in [0.3, 0.4) is 0 Å². The predicted molar refractivity (Wildman–Crippen MR) is 93.0 cm³/mol. The summed E-state index contributed by atoms with van der Waals surface area (Å²) in [5, 5.41) is 3.96. The van der Waals surface area contributed by atoms with Crippen molar-refractivity contribution < 1.29 is 0 Å². The minimum absolute atomic E-state index is 0.142. The van der Waals surface area contributed by atoms with Gasteiger partial charge in [-0.05, 0) is 47.6 Å². The van der Waals surface area contributed by atoms with Gasteiger partial charge in [0.05, 0.1) is 6.04 Å². The van der Waals surface area contributed by atoms with Gasteiger partial charge in [-0.3, -0.25) is 0 Å². The van der Waals surface area contributed by atoms with E-state index in [2.05, 4.69) is 50.2 Å². The van der Waals surface area contributed by atoms with Crippen LogP contribution in [0.5, 0.6) is 0 Å².